The Bertz CT molecular complexity index is 1700. The van der Waals surface area contributed by atoms with Crippen LogP contribution in [0.5, 0.6) is 0 Å². The zero-order chi connectivity index (χ0) is 27.7. The number of hydrogen-bond donors (Lipinski definition) is 2. The maximum atomic E-state index is 13.5. The van der Waals surface area contributed by atoms with Gasteiger partial charge in [0.25, 0.3) is 11.2 Å². The van der Waals surface area contributed by atoms with E-state index in [4.69, 9.17) is 5.11 Å². The maximum Gasteiger partial charge on any atom is 0.303 e. The number of nitrogens with one attached hydrogen (secondary N) is 1. The summed E-state index contributed by atoms with van der Waals surface area (Å²) in [5.41, 5.74) is 2.80. The van der Waals surface area contributed by atoms with Crippen molar-refractivity contribution in [3.63, 3.8) is 0 Å². The van der Waals surface area contributed by atoms with E-state index in [-0.39, 0.29) is 30.5 Å². The predicted molar refractivity (Wildman–Crippen MR) is 148 cm³/mol. The summed E-state index contributed by atoms with van der Waals surface area (Å²) in [6.45, 7) is 0. The first-order chi connectivity index (χ1) is 18.7. The molecule has 0 saturated heterocycles. The number of benzene rings is 3. The van der Waals surface area contributed by atoms with Crippen molar-refractivity contribution in [3.05, 3.63) is 109 Å². The lowest BCUT2D eigenvalue weighted by Crippen LogP contribution is -2.27. The van der Waals surface area contributed by atoms with Crippen LogP contribution in [0.4, 0.5) is 5.69 Å². The molecule has 2 heterocycles. The largest absolute Gasteiger partial charge is 0.481 e. The molecular weight excluding hydrogens is 568 g/mol. The molecule has 196 valence electrons. The number of carboxylic acids is 1. The SMILES string of the molecule is O=C(O)CCC(=O)N1N=C(c2c(-c3ccccc3)c3cc(Br)ccc3[nH]c2=O)C[C@@H]1c1ccc([N+](=O)[O-])cc1. The summed E-state index contributed by atoms with van der Waals surface area (Å²) in [6.07, 6.45) is -0.520. The first-order valence-electron chi connectivity index (χ1n) is 12.0. The number of pyridine rings is 1. The normalized spacial score (nSPS) is 14.8. The molecule has 0 saturated carbocycles. The van der Waals surface area contributed by atoms with Gasteiger partial charge in [-0.2, -0.15) is 5.10 Å². The fourth-order valence-corrected chi connectivity index (χ4v) is 5.10. The average Bonchev–Trinajstić information content (AvgIpc) is 3.37. The van der Waals surface area contributed by atoms with Gasteiger partial charge >= 0.3 is 5.97 Å². The number of carbonyl (C=O) groups is 2. The molecular formula is C28H21BrN4O6. The zero-order valence-corrected chi connectivity index (χ0v) is 21.9. The Balaban J connectivity index is 1.68. The van der Waals surface area contributed by atoms with Crippen LogP contribution in [0.15, 0.2) is 87.2 Å². The second-order valence-corrected chi connectivity index (χ2v) is 9.92. The van der Waals surface area contributed by atoms with Crippen LogP contribution in [-0.2, 0) is 9.59 Å². The van der Waals surface area contributed by atoms with E-state index in [1.54, 1.807) is 18.2 Å². The number of carbonyl (C=O) groups excluding carboxylic acids is 1. The molecule has 1 atom stereocenters. The number of rotatable bonds is 7. The molecule has 0 bridgehead atoms. The van der Waals surface area contributed by atoms with Gasteiger partial charge in [-0.25, -0.2) is 5.01 Å². The quantitative estimate of drug-likeness (QED) is 0.218. The van der Waals surface area contributed by atoms with E-state index in [2.05, 4.69) is 26.0 Å². The Morgan fingerprint density at radius 3 is 2.44 bits per heavy atom. The lowest BCUT2D eigenvalue weighted by molar-refractivity contribution is -0.384. The van der Waals surface area contributed by atoms with Gasteiger partial charge < -0.3 is 10.1 Å². The molecule has 1 aliphatic rings. The van der Waals surface area contributed by atoms with Crippen LogP contribution in [0.2, 0.25) is 0 Å². The smallest absolute Gasteiger partial charge is 0.303 e. The number of fused-ring (bicyclic) bond motifs is 1. The maximum absolute atomic E-state index is 13.5. The molecule has 2 N–H and O–H groups in total. The second kappa shape index (κ2) is 10.6. The molecule has 0 unspecified atom stereocenters. The highest BCUT2D eigenvalue weighted by Gasteiger charge is 2.35. The van der Waals surface area contributed by atoms with Crippen molar-refractivity contribution in [3.8, 4) is 11.1 Å². The zero-order valence-electron chi connectivity index (χ0n) is 20.3. The van der Waals surface area contributed by atoms with Crippen LogP contribution in [0.25, 0.3) is 22.0 Å². The molecule has 10 nitrogen and oxygen atoms in total. The van der Waals surface area contributed by atoms with E-state index < -0.39 is 22.8 Å². The van der Waals surface area contributed by atoms with Crippen LogP contribution in [0.1, 0.15) is 36.4 Å². The molecule has 0 aliphatic carbocycles. The summed E-state index contributed by atoms with van der Waals surface area (Å²) in [4.78, 5) is 51.4. The topological polar surface area (TPSA) is 146 Å². The van der Waals surface area contributed by atoms with Gasteiger partial charge in [0.15, 0.2) is 0 Å². The summed E-state index contributed by atoms with van der Waals surface area (Å²) >= 11 is 3.51. The van der Waals surface area contributed by atoms with Crippen LogP contribution >= 0.6 is 15.9 Å². The number of H-pyrrole nitrogens is 1. The van der Waals surface area contributed by atoms with Crippen molar-refractivity contribution >= 4 is 50.1 Å². The Morgan fingerprint density at radius 1 is 1.05 bits per heavy atom. The van der Waals surface area contributed by atoms with Gasteiger partial charge in [0, 0.05) is 45.9 Å². The van der Waals surface area contributed by atoms with Crippen molar-refractivity contribution in [2.75, 3.05) is 0 Å². The van der Waals surface area contributed by atoms with Crippen molar-refractivity contribution in [2.45, 2.75) is 25.3 Å². The third-order valence-corrected chi connectivity index (χ3v) is 7.03. The average molecular weight is 589 g/mol. The number of amides is 1. The molecule has 3 aromatic carbocycles. The van der Waals surface area contributed by atoms with E-state index >= 15 is 0 Å². The first kappa shape index (κ1) is 26.0. The summed E-state index contributed by atoms with van der Waals surface area (Å²) in [5, 5.41) is 26.8. The summed E-state index contributed by atoms with van der Waals surface area (Å²) < 4.78 is 0.813. The third-order valence-electron chi connectivity index (χ3n) is 6.53. The number of aromatic nitrogens is 1. The summed E-state index contributed by atoms with van der Waals surface area (Å²) in [6, 6.07) is 20.0. The Kier molecular flexibility index (Phi) is 7.07. The van der Waals surface area contributed by atoms with Gasteiger partial charge in [0.1, 0.15) is 0 Å². The molecule has 1 aromatic heterocycles. The molecule has 11 heteroatoms. The van der Waals surface area contributed by atoms with Gasteiger partial charge in [0.05, 0.1) is 28.7 Å². The van der Waals surface area contributed by atoms with Gasteiger partial charge in [0.2, 0.25) is 5.91 Å². The molecule has 4 aromatic rings. The molecule has 0 radical (unpaired) electrons. The molecule has 5 rings (SSSR count). The number of carboxylic acid groups (broad SMARTS) is 1. The Hall–Kier alpha value is -4.64. The number of aromatic amines is 1. The van der Waals surface area contributed by atoms with Gasteiger partial charge in [-0.1, -0.05) is 58.4 Å². The lowest BCUT2D eigenvalue weighted by atomic mass is 9.91. The van der Waals surface area contributed by atoms with Crippen LogP contribution in [-0.4, -0.2) is 37.6 Å². The Morgan fingerprint density at radius 2 is 1.77 bits per heavy atom. The van der Waals surface area contributed by atoms with E-state index in [0.29, 0.717) is 27.9 Å². The highest BCUT2D eigenvalue weighted by atomic mass is 79.9. The number of nitrogens with zero attached hydrogens (tertiary/aromatic N) is 3. The number of nitro benzene ring substituents is 1. The fraction of sp³-hybridized carbons (Fsp3) is 0.143. The molecule has 0 fully saturated rings. The number of non-ortho nitro benzene ring substituents is 1. The third kappa shape index (κ3) is 5.21. The van der Waals surface area contributed by atoms with Crippen LogP contribution in [0.3, 0.4) is 0 Å². The minimum atomic E-state index is -1.12. The monoisotopic (exact) mass is 588 g/mol. The second-order valence-electron chi connectivity index (χ2n) is 9.01. The minimum Gasteiger partial charge on any atom is -0.481 e. The van der Waals surface area contributed by atoms with Crippen molar-refractivity contribution in [1.29, 1.82) is 0 Å². The number of aliphatic carboxylic acids is 1. The van der Waals surface area contributed by atoms with Crippen molar-refractivity contribution in [1.82, 2.24) is 9.99 Å². The van der Waals surface area contributed by atoms with Gasteiger partial charge in [-0.3, -0.25) is 24.5 Å². The predicted octanol–water partition coefficient (Wildman–Crippen LogP) is 5.41. The summed E-state index contributed by atoms with van der Waals surface area (Å²) in [5.74, 6) is -1.65. The van der Waals surface area contributed by atoms with Gasteiger partial charge in [-0.05, 0) is 29.3 Å². The van der Waals surface area contributed by atoms with Crippen LogP contribution < -0.4 is 5.56 Å². The summed E-state index contributed by atoms with van der Waals surface area (Å²) in [7, 11) is 0. The van der Waals surface area contributed by atoms with Crippen molar-refractivity contribution in [2.24, 2.45) is 5.10 Å². The molecule has 1 amide bonds. The first-order valence-corrected chi connectivity index (χ1v) is 12.8. The van der Waals surface area contributed by atoms with E-state index in [1.807, 2.05) is 42.5 Å². The molecule has 1 aliphatic heterocycles. The standard InChI is InChI=1S/C28H21BrN4O6/c29-18-8-11-21-20(14-18)26(17-4-2-1-3-5-17)27(28(37)30-21)22-15-23(16-6-9-19(10-7-16)33(38)39)32(31-22)24(34)12-13-25(35)36/h1-11,14,23H,12-13,15H2,(H,30,37)(H,35,36)/t23-/m1/s1. The number of halogens is 1. The van der Waals surface area contributed by atoms with Crippen LogP contribution in [0, 0.1) is 10.1 Å². The minimum absolute atomic E-state index is 0.107. The number of nitro groups is 1. The highest BCUT2D eigenvalue weighted by Crippen LogP contribution is 2.38. The number of hydrogen-bond acceptors (Lipinski definition) is 6. The molecule has 0 spiro atoms. The van der Waals surface area contributed by atoms with E-state index in [9.17, 15) is 24.5 Å². The highest BCUT2D eigenvalue weighted by molar-refractivity contribution is 9.10. The van der Waals surface area contributed by atoms with Gasteiger partial charge in [-0.15, -0.1) is 0 Å². The number of hydrazone groups is 1. The van der Waals surface area contributed by atoms with E-state index in [1.165, 1.54) is 17.1 Å². The fourth-order valence-electron chi connectivity index (χ4n) is 4.74. The lowest BCUT2D eigenvalue weighted by Gasteiger charge is -2.21. The Labute approximate surface area is 229 Å². The van der Waals surface area contributed by atoms with E-state index in [0.717, 1.165) is 15.4 Å². The molecule has 39 heavy (non-hydrogen) atoms. The van der Waals surface area contributed by atoms with Crippen molar-refractivity contribution < 1.29 is 19.6 Å².